The summed E-state index contributed by atoms with van der Waals surface area (Å²) in [6.07, 6.45) is 0. The van der Waals surface area contributed by atoms with Crippen molar-refractivity contribution in [2.24, 2.45) is 0 Å². The molecule has 5 aromatic rings. The molecule has 0 aromatic heterocycles. The summed E-state index contributed by atoms with van der Waals surface area (Å²) in [5.41, 5.74) is 1.34. The van der Waals surface area contributed by atoms with Gasteiger partial charge in [0.05, 0.1) is 0 Å². The molecule has 0 saturated carbocycles. The second kappa shape index (κ2) is 10.9. The topological polar surface area (TPSA) is 37.3 Å². The van der Waals surface area contributed by atoms with E-state index in [2.05, 4.69) is 57.6 Å². The Bertz CT molecular complexity index is 1450. The Morgan fingerprint density at radius 3 is 1.53 bits per heavy atom. The van der Waals surface area contributed by atoms with Crippen molar-refractivity contribution in [2.45, 2.75) is 24.5 Å². The van der Waals surface area contributed by atoms with Crippen LogP contribution in [0.5, 0.6) is 5.75 Å². The minimum Gasteiger partial charge on any atom is -0.508 e. The summed E-state index contributed by atoms with van der Waals surface area (Å²) in [4.78, 5) is 19.0. The molecule has 1 unspecified atom stereocenters. The highest BCUT2D eigenvalue weighted by Crippen LogP contribution is 2.74. The monoisotopic (exact) mass is 618 g/mol. The van der Waals surface area contributed by atoms with Gasteiger partial charge in [0.15, 0.2) is 5.78 Å². The molecule has 0 spiro atoms. The molecule has 5 rings (SSSR count). The molecular formula is C31H23IO2S2. The first-order valence-corrected chi connectivity index (χ1v) is 16.4. The number of rotatable bonds is 7. The van der Waals surface area contributed by atoms with Crippen LogP contribution in [0.2, 0.25) is 0 Å². The maximum atomic E-state index is 13.2. The van der Waals surface area contributed by atoms with Crippen molar-refractivity contribution in [3.05, 3.63) is 145 Å². The Kier molecular flexibility index (Phi) is 7.51. The molecule has 0 aliphatic rings. The van der Waals surface area contributed by atoms with Crippen LogP contribution < -0.4 is 0 Å². The van der Waals surface area contributed by atoms with Crippen LogP contribution in [-0.2, 0) is 0 Å². The van der Waals surface area contributed by atoms with E-state index in [-0.39, 0.29) is 11.5 Å². The van der Waals surface area contributed by atoms with Crippen molar-refractivity contribution in [3.63, 3.8) is 0 Å². The molecule has 178 valence electrons. The number of carbonyl (C=O) groups is 1. The van der Waals surface area contributed by atoms with Gasteiger partial charge >= 0.3 is 0 Å². The largest absolute Gasteiger partial charge is 0.508 e. The maximum Gasteiger partial charge on any atom is 0.193 e. The first-order valence-electron chi connectivity index (χ1n) is 11.4. The molecule has 2 nitrogen and oxygen atoms in total. The maximum absolute atomic E-state index is 13.2. The van der Waals surface area contributed by atoms with E-state index in [0.29, 0.717) is 11.1 Å². The van der Waals surface area contributed by atoms with Crippen LogP contribution in [-0.4, -0.2) is 10.9 Å². The Hall–Kier alpha value is -3.00. The fourth-order valence-electron chi connectivity index (χ4n) is 3.91. The van der Waals surface area contributed by atoms with Crippen molar-refractivity contribution >= 4 is 46.0 Å². The van der Waals surface area contributed by atoms with E-state index in [9.17, 15) is 9.90 Å². The van der Waals surface area contributed by atoms with Gasteiger partial charge in [-0.05, 0) is 118 Å². The van der Waals surface area contributed by atoms with E-state index < -0.39 is 7.20 Å². The highest BCUT2D eigenvalue weighted by atomic mass is 127. The number of ketones is 1. The van der Waals surface area contributed by atoms with Gasteiger partial charge in [0, 0.05) is 35.6 Å². The number of carbonyl (C=O) groups excluding carboxylic acids is 1. The molecule has 0 saturated heterocycles. The normalized spacial score (nSPS) is 13.5. The Balaban J connectivity index is 1.42. The van der Waals surface area contributed by atoms with Crippen LogP contribution in [0.4, 0.5) is 0 Å². The van der Waals surface area contributed by atoms with Crippen molar-refractivity contribution in [1.82, 2.24) is 0 Å². The molecule has 0 amide bonds. The summed E-state index contributed by atoms with van der Waals surface area (Å²) in [6, 6.07) is 43.8. The number of phenols is 1. The van der Waals surface area contributed by atoms with Crippen molar-refractivity contribution in [2.75, 3.05) is 0 Å². The van der Waals surface area contributed by atoms with Gasteiger partial charge in [-0.25, -0.2) is 0 Å². The second-order valence-electron chi connectivity index (χ2n) is 8.14. The molecule has 5 aromatic carbocycles. The van der Waals surface area contributed by atoms with E-state index >= 15 is 0 Å². The van der Waals surface area contributed by atoms with Crippen molar-refractivity contribution in [3.8, 4) is 5.75 Å². The lowest BCUT2D eigenvalue weighted by molar-refractivity contribution is 0.103. The molecular weight excluding hydrogens is 595 g/mol. The third-order valence-corrected chi connectivity index (χ3v) is 14.1. The zero-order valence-corrected chi connectivity index (χ0v) is 23.0. The number of hydrogen-bond acceptors (Lipinski definition) is 3. The van der Waals surface area contributed by atoms with Crippen LogP contribution >= 0.6 is 40.2 Å². The highest BCUT2D eigenvalue weighted by Gasteiger charge is 2.28. The summed E-state index contributed by atoms with van der Waals surface area (Å²) in [7, 11) is -1.59. The average Bonchev–Trinajstić information content (AvgIpc) is 2.94. The van der Waals surface area contributed by atoms with Gasteiger partial charge in [0.1, 0.15) is 5.75 Å². The van der Waals surface area contributed by atoms with Crippen molar-refractivity contribution in [1.29, 1.82) is 0 Å². The number of phenolic OH excluding ortho intramolecular Hbond substituents is 1. The standard InChI is InChI=1S/C31H23IO2S2/c32-36(28-9-5-2-6-10-28,30-21-15-25(33)16-22-30)29-19-13-24(14-20-29)31(34)23-11-17-27(18-12-23)35-26-7-3-1-4-8-26/h1-22,33H. The summed E-state index contributed by atoms with van der Waals surface area (Å²) in [5.74, 6) is 0.260. The third kappa shape index (κ3) is 5.24. The summed E-state index contributed by atoms with van der Waals surface area (Å²) in [6.45, 7) is 0. The minimum atomic E-state index is -1.59. The van der Waals surface area contributed by atoms with Gasteiger partial charge in [0.25, 0.3) is 0 Å². The zero-order chi connectivity index (χ0) is 25.0. The Morgan fingerprint density at radius 2 is 0.972 bits per heavy atom. The van der Waals surface area contributed by atoms with E-state index in [1.54, 1.807) is 23.9 Å². The van der Waals surface area contributed by atoms with Gasteiger partial charge in [-0.3, -0.25) is 4.79 Å². The quantitative estimate of drug-likeness (QED) is 0.146. The molecule has 0 bridgehead atoms. The number of halogens is 1. The number of benzene rings is 5. The SMILES string of the molecule is O=C(c1ccc(Sc2ccccc2)cc1)c1ccc(S(I)(c2ccccc2)c2ccc(O)cc2)cc1. The molecule has 0 radical (unpaired) electrons. The van der Waals surface area contributed by atoms with E-state index in [1.165, 1.54) is 9.79 Å². The van der Waals surface area contributed by atoms with Gasteiger partial charge in [-0.2, -0.15) is 0 Å². The molecule has 0 heterocycles. The summed E-state index contributed by atoms with van der Waals surface area (Å²) in [5, 5.41) is 9.83. The lowest BCUT2D eigenvalue weighted by Crippen LogP contribution is -2.02. The zero-order valence-electron chi connectivity index (χ0n) is 19.3. The Morgan fingerprint density at radius 1 is 0.556 bits per heavy atom. The molecule has 1 atom stereocenters. The molecule has 0 aliphatic carbocycles. The highest BCUT2D eigenvalue weighted by molar-refractivity contribution is 14.2. The molecule has 1 N–H and O–H groups in total. The third-order valence-electron chi connectivity index (χ3n) is 5.77. The lowest BCUT2D eigenvalue weighted by Gasteiger charge is -2.35. The van der Waals surface area contributed by atoms with Gasteiger partial charge < -0.3 is 5.11 Å². The first kappa shape index (κ1) is 24.7. The fraction of sp³-hybridized carbons (Fsp3) is 0. The average molecular weight is 619 g/mol. The predicted octanol–water partition coefficient (Wildman–Crippen LogP) is 9.41. The minimum absolute atomic E-state index is 0.0104. The van der Waals surface area contributed by atoms with Crippen LogP contribution in [0.25, 0.3) is 0 Å². The Labute approximate surface area is 229 Å². The molecule has 0 fully saturated rings. The lowest BCUT2D eigenvalue weighted by atomic mass is 10.0. The van der Waals surface area contributed by atoms with Gasteiger partial charge in [-0.15, -0.1) is 7.20 Å². The fourth-order valence-corrected chi connectivity index (χ4v) is 9.76. The van der Waals surface area contributed by atoms with Gasteiger partial charge in [-0.1, -0.05) is 48.2 Å². The van der Waals surface area contributed by atoms with E-state index in [0.717, 1.165) is 14.7 Å². The molecule has 0 aliphatic heterocycles. The molecule has 5 heteroatoms. The molecule has 36 heavy (non-hydrogen) atoms. The predicted molar refractivity (Wildman–Crippen MR) is 158 cm³/mol. The van der Waals surface area contributed by atoms with Gasteiger partial charge in [0.2, 0.25) is 0 Å². The van der Waals surface area contributed by atoms with Crippen molar-refractivity contribution < 1.29 is 9.90 Å². The summed E-state index contributed by atoms with van der Waals surface area (Å²) < 4.78 is 0. The van der Waals surface area contributed by atoms with E-state index in [4.69, 9.17) is 0 Å². The smallest absolute Gasteiger partial charge is 0.193 e. The number of hydrogen-bond donors (Lipinski definition) is 1. The van der Waals surface area contributed by atoms with Crippen LogP contribution in [0, 0.1) is 0 Å². The first-order chi connectivity index (χ1) is 17.5. The van der Waals surface area contributed by atoms with Crippen LogP contribution in [0.3, 0.4) is 0 Å². The number of aromatic hydroxyl groups is 1. The van der Waals surface area contributed by atoms with E-state index in [1.807, 2.05) is 84.9 Å². The van der Waals surface area contributed by atoms with Crippen LogP contribution in [0.15, 0.2) is 158 Å². The summed E-state index contributed by atoms with van der Waals surface area (Å²) >= 11 is 4.23. The van der Waals surface area contributed by atoms with Crippen LogP contribution in [0.1, 0.15) is 15.9 Å². The second-order valence-corrected chi connectivity index (χ2v) is 15.7.